The predicted molar refractivity (Wildman–Crippen MR) is 100 cm³/mol. The number of aromatic nitrogens is 1. The predicted octanol–water partition coefficient (Wildman–Crippen LogP) is 5.31. The van der Waals surface area contributed by atoms with Gasteiger partial charge in [0.2, 0.25) is 0 Å². The lowest BCUT2D eigenvalue weighted by molar-refractivity contribution is 0.0602. The molecular formula is C20H16BrNO2. The molecule has 3 rings (SSSR count). The number of nitrogens with zero attached hydrogens (tertiary/aromatic N) is 1. The Balaban J connectivity index is 2.46. The Morgan fingerprint density at radius 2 is 1.83 bits per heavy atom. The number of alkyl halides is 1. The molecule has 2 aromatic carbocycles. The number of fused-ring (bicyclic) bond motifs is 1. The molecular weight excluding hydrogens is 366 g/mol. The van der Waals surface area contributed by atoms with Gasteiger partial charge in [-0.15, -0.1) is 6.58 Å². The van der Waals surface area contributed by atoms with Gasteiger partial charge in [-0.2, -0.15) is 0 Å². The van der Waals surface area contributed by atoms with Gasteiger partial charge in [0.25, 0.3) is 0 Å². The maximum Gasteiger partial charge on any atom is 0.338 e. The lowest BCUT2D eigenvalue weighted by Gasteiger charge is -2.18. The number of hydrogen-bond donors (Lipinski definition) is 0. The van der Waals surface area contributed by atoms with E-state index in [0.29, 0.717) is 5.56 Å². The van der Waals surface area contributed by atoms with E-state index in [0.717, 1.165) is 27.7 Å². The van der Waals surface area contributed by atoms with E-state index in [1.165, 1.54) is 7.11 Å². The zero-order valence-corrected chi connectivity index (χ0v) is 14.8. The SMILES string of the molecule is C=CC(Br)c1c(-c2ccccc2)nc2ccccc2c1C(=O)OC. The zero-order chi connectivity index (χ0) is 17.1. The van der Waals surface area contributed by atoms with Crippen LogP contribution >= 0.6 is 15.9 Å². The number of benzene rings is 2. The maximum absolute atomic E-state index is 12.5. The van der Waals surface area contributed by atoms with Crippen LogP contribution in [0.5, 0.6) is 0 Å². The summed E-state index contributed by atoms with van der Waals surface area (Å²) in [5.74, 6) is -0.382. The Morgan fingerprint density at radius 1 is 1.17 bits per heavy atom. The highest BCUT2D eigenvalue weighted by molar-refractivity contribution is 9.09. The van der Waals surface area contributed by atoms with Crippen molar-refractivity contribution in [1.82, 2.24) is 4.98 Å². The van der Waals surface area contributed by atoms with E-state index >= 15 is 0 Å². The number of methoxy groups -OCH3 is 1. The van der Waals surface area contributed by atoms with Crippen molar-refractivity contribution >= 4 is 32.8 Å². The van der Waals surface area contributed by atoms with Crippen LogP contribution in [0.15, 0.2) is 67.3 Å². The largest absolute Gasteiger partial charge is 0.465 e. The number of carbonyl (C=O) groups is 1. The van der Waals surface area contributed by atoms with Crippen molar-refractivity contribution in [1.29, 1.82) is 0 Å². The third-order valence-corrected chi connectivity index (χ3v) is 4.68. The lowest BCUT2D eigenvalue weighted by Crippen LogP contribution is -2.10. The fourth-order valence-electron chi connectivity index (χ4n) is 2.75. The summed E-state index contributed by atoms with van der Waals surface area (Å²) in [6.07, 6.45) is 1.74. The summed E-state index contributed by atoms with van der Waals surface area (Å²) in [5, 5.41) is 0.769. The molecule has 0 saturated carbocycles. The molecule has 1 heterocycles. The molecule has 0 aliphatic rings. The quantitative estimate of drug-likeness (QED) is 0.349. The average molecular weight is 382 g/mol. The Hall–Kier alpha value is -2.46. The molecule has 0 aliphatic carbocycles. The molecule has 0 spiro atoms. The summed E-state index contributed by atoms with van der Waals surface area (Å²) < 4.78 is 5.05. The van der Waals surface area contributed by atoms with Gasteiger partial charge in [-0.25, -0.2) is 9.78 Å². The Labute approximate surface area is 149 Å². The van der Waals surface area contributed by atoms with Crippen LogP contribution in [0.1, 0.15) is 20.7 Å². The Morgan fingerprint density at radius 3 is 2.50 bits per heavy atom. The molecule has 0 N–H and O–H groups in total. The third-order valence-electron chi connectivity index (χ3n) is 3.85. The van der Waals surface area contributed by atoms with Crippen molar-refractivity contribution in [3.63, 3.8) is 0 Å². The van der Waals surface area contributed by atoms with Crippen LogP contribution in [0.4, 0.5) is 0 Å². The fourth-order valence-corrected chi connectivity index (χ4v) is 3.20. The van der Waals surface area contributed by atoms with E-state index in [1.807, 2.05) is 54.6 Å². The van der Waals surface area contributed by atoms with Crippen molar-refractivity contribution in [2.45, 2.75) is 4.83 Å². The van der Waals surface area contributed by atoms with Gasteiger partial charge < -0.3 is 4.74 Å². The van der Waals surface area contributed by atoms with Gasteiger partial charge in [-0.1, -0.05) is 70.5 Å². The number of esters is 1. The van der Waals surface area contributed by atoms with Gasteiger partial charge in [0.1, 0.15) is 0 Å². The first-order valence-electron chi connectivity index (χ1n) is 7.50. The number of para-hydroxylation sites is 1. The second kappa shape index (κ2) is 6.97. The minimum Gasteiger partial charge on any atom is -0.465 e. The topological polar surface area (TPSA) is 39.2 Å². The van der Waals surface area contributed by atoms with Crippen LogP contribution in [0.25, 0.3) is 22.2 Å². The maximum atomic E-state index is 12.5. The Kier molecular flexibility index (Phi) is 4.76. The number of pyridine rings is 1. The molecule has 1 aromatic heterocycles. The third kappa shape index (κ3) is 2.85. The second-order valence-electron chi connectivity index (χ2n) is 5.26. The standard InChI is InChI=1S/C20H16BrNO2/c1-3-15(21)18-17(20(23)24-2)14-11-7-8-12-16(14)22-19(18)13-9-5-4-6-10-13/h3-12,15H,1H2,2H3. The van der Waals surface area contributed by atoms with E-state index in [-0.39, 0.29) is 10.8 Å². The molecule has 4 heteroatoms. The molecule has 0 amide bonds. The van der Waals surface area contributed by atoms with Crippen LogP contribution in [-0.4, -0.2) is 18.1 Å². The normalized spacial score (nSPS) is 11.9. The molecule has 0 radical (unpaired) electrons. The van der Waals surface area contributed by atoms with E-state index in [9.17, 15) is 4.79 Å². The Bertz CT molecular complexity index is 906. The van der Waals surface area contributed by atoms with Crippen molar-refractivity contribution in [3.05, 3.63) is 78.4 Å². The first-order valence-corrected chi connectivity index (χ1v) is 8.42. The van der Waals surface area contributed by atoms with Crippen LogP contribution in [-0.2, 0) is 4.74 Å². The molecule has 0 aliphatic heterocycles. The van der Waals surface area contributed by atoms with Gasteiger partial charge >= 0.3 is 5.97 Å². The lowest BCUT2D eigenvalue weighted by atomic mass is 9.94. The molecule has 24 heavy (non-hydrogen) atoms. The van der Waals surface area contributed by atoms with E-state index < -0.39 is 0 Å². The number of allylic oxidation sites excluding steroid dienone is 1. The summed E-state index contributed by atoms with van der Waals surface area (Å²) in [7, 11) is 1.39. The van der Waals surface area contributed by atoms with E-state index in [1.54, 1.807) is 6.08 Å². The van der Waals surface area contributed by atoms with Crippen molar-refractivity contribution in [2.24, 2.45) is 0 Å². The zero-order valence-electron chi connectivity index (χ0n) is 13.2. The smallest absolute Gasteiger partial charge is 0.338 e. The van der Waals surface area contributed by atoms with Gasteiger partial charge in [0.05, 0.1) is 28.7 Å². The van der Waals surface area contributed by atoms with Crippen molar-refractivity contribution in [3.8, 4) is 11.3 Å². The van der Waals surface area contributed by atoms with Crippen LogP contribution in [0.3, 0.4) is 0 Å². The van der Waals surface area contributed by atoms with Gasteiger partial charge in [-0.3, -0.25) is 0 Å². The molecule has 120 valence electrons. The number of rotatable bonds is 4. The summed E-state index contributed by atoms with van der Waals surface area (Å²) in [4.78, 5) is 17.1. The number of hydrogen-bond acceptors (Lipinski definition) is 3. The first kappa shape index (κ1) is 16.4. The summed E-state index contributed by atoms with van der Waals surface area (Å²) in [6.45, 7) is 3.85. The van der Waals surface area contributed by atoms with Crippen LogP contribution in [0.2, 0.25) is 0 Å². The van der Waals surface area contributed by atoms with Crippen molar-refractivity contribution in [2.75, 3.05) is 7.11 Å². The molecule has 0 bridgehead atoms. The van der Waals surface area contributed by atoms with E-state index in [2.05, 4.69) is 22.5 Å². The molecule has 1 unspecified atom stereocenters. The highest BCUT2D eigenvalue weighted by Crippen LogP contribution is 2.38. The van der Waals surface area contributed by atoms with Gasteiger partial charge in [0.15, 0.2) is 0 Å². The molecule has 3 aromatic rings. The fraction of sp³-hybridized carbons (Fsp3) is 0.100. The molecule has 0 saturated heterocycles. The number of ether oxygens (including phenoxy) is 1. The van der Waals surface area contributed by atoms with E-state index in [4.69, 9.17) is 9.72 Å². The highest BCUT2D eigenvalue weighted by Gasteiger charge is 2.25. The van der Waals surface area contributed by atoms with Crippen LogP contribution in [0, 0.1) is 0 Å². The van der Waals surface area contributed by atoms with Gasteiger partial charge in [-0.05, 0) is 6.07 Å². The van der Waals surface area contributed by atoms with Crippen molar-refractivity contribution < 1.29 is 9.53 Å². The molecule has 0 fully saturated rings. The summed E-state index contributed by atoms with van der Waals surface area (Å²) >= 11 is 3.60. The molecule has 3 nitrogen and oxygen atoms in total. The molecule has 1 atom stereocenters. The van der Waals surface area contributed by atoms with Gasteiger partial charge in [0, 0.05) is 16.5 Å². The minimum absolute atomic E-state index is 0.223. The second-order valence-corrected chi connectivity index (χ2v) is 6.25. The first-order chi connectivity index (χ1) is 11.7. The van der Waals surface area contributed by atoms with Crippen LogP contribution < -0.4 is 0 Å². The number of halogens is 1. The number of carbonyl (C=O) groups excluding carboxylic acids is 1. The average Bonchev–Trinajstić information content (AvgIpc) is 2.65. The monoisotopic (exact) mass is 381 g/mol. The summed E-state index contributed by atoms with van der Waals surface area (Å²) in [5.41, 5.74) is 3.72. The highest BCUT2D eigenvalue weighted by atomic mass is 79.9. The summed E-state index contributed by atoms with van der Waals surface area (Å²) in [6, 6.07) is 17.4. The minimum atomic E-state index is -0.382.